The van der Waals surface area contributed by atoms with Crippen LogP contribution in [0.15, 0.2) is 51.9 Å². The number of anilines is 1. The smallest absolute Gasteiger partial charge is 0.326 e. The number of thiazole rings is 1. The van der Waals surface area contributed by atoms with E-state index in [-0.39, 0.29) is 18.0 Å². The molecular weight excluding hydrogens is 558 g/mol. The Kier molecular flexibility index (Phi) is 7.53. The minimum Gasteiger partial charge on any atom is -0.465 e. The molecule has 1 aromatic heterocycles. The predicted octanol–water partition coefficient (Wildman–Crippen LogP) is 2.46. The van der Waals surface area contributed by atoms with Crippen LogP contribution < -0.4 is 9.70 Å². The van der Waals surface area contributed by atoms with Gasteiger partial charge >= 0.3 is 5.97 Å². The number of carbonyl (C=O) groups is 3. The van der Waals surface area contributed by atoms with Crippen LogP contribution in [0.2, 0.25) is 0 Å². The third-order valence-corrected chi connectivity index (χ3v) is 8.24. The molecule has 0 aliphatic carbocycles. The van der Waals surface area contributed by atoms with Crippen molar-refractivity contribution < 1.29 is 27.5 Å². The maximum atomic E-state index is 12.7. The highest BCUT2D eigenvalue weighted by molar-refractivity contribution is 9.10. The molecule has 0 fully saturated rings. The Hall–Kier alpha value is -2.83. The SMILES string of the molecule is CCOC(=O)Cn1c(=NC(=O)CS(=O)(=O)CC(=O)N2CCc3ccccc32)sc2cc(Br)ccc21. The van der Waals surface area contributed by atoms with Gasteiger partial charge in [0, 0.05) is 16.7 Å². The summed E-state index contributed by atoms with van der Waals surface area (Å²) in [7, 11) is -4.06. The third kappa shape index (κ3) is 5.88. The molecule has 3 aromatic rings. The molecule has 35 heavy (non-hydrogen) atoms. The van der Waals surface area contributed by atoms with Crippen LogP contribution in [0.5, 0.6) is 0 Å². The minimum absolute atomic E-state index is 0.172. The van der Waals surface area contributed by atoms with Crippen molar-refractivity contribution >= 4 is 70.8 Å². The van der Waals surface area contributed by atoms with E-state index >= 15 is 0 Å². The number of benzene rings is 2. The van der Waals surface area contributed by atoms with Crippen LogP contribution in [0, 0.1) is 0 Å². The summed E-state index contributed by atoms with van der Waals surface area (Å²) in [4.78, 5) is 43.0. The molecule has 0 atom stereocenters. The van der Waals surface area contributed by atoms with Gasteiger partial charge < -0.3 is 14.2 Å². The van der Waals surface area contributed by atoms with E-state index in [0.29, 0.717) is 24.2 Å². The molecule has 4 rings (SSSR count). The Labute approximate surface area is 214 Å². The summed E-state index contributed by atoms with van der Waals surface area (Å²) in [5, 5.41) is 0. The van der Waals surface area contributed by atoms with Gasteiger partial charge in [0.15, 0.2) is 14.6 Å². The normalized spacial score (nSPS) is 13.8. The summed E-state index contributed by atoms with van der Waals surface area (Å²) in [6.07, 6.45) is 0.652. The van der Waals surface area contributed by atoms with E-state index in [1.165, 1.54) is 9.47 Å². The van der Waals surface area contributed by atoms with Crippen molar-refractivity contribution in [1.29, 1.82) is 0 Å². The highest BCUT2D eigenvalue weighted by atomic mass is 79.9. The summed E-state index contributed by atoms with van der Waals surface area (Å²) in [5.41, 5.74) is 2.33. The fraction of sp³-hybridized carbons (Fsp3) is 0.304. The number of aromatic nitrogens is 1. The van der Waals surface area contributed by atoms with E-state index in [4.69, 9.17) is 4.74 Å². The number of ether oxygens (including phenoxy) is 1. The van der Waals surface area contributed by atoms with Crippen LogP contribution in [0.1, 0.15) is 12.5 Å². The van der Waals surface area contributed by atoms with Crippen LogP contribution in [-0.4, -0.2) is 55.4 Å². The van der Waals surface area contributed by atoms with Gasteiger partial charge in [-0.1, -0.05) is 45.5 Å². The molecule has 2 heterocycles. The summed E-state index contributed by atoms with van der Waals surface area (Å²) >= 11 is 4.53. The number of amides is 2. The van der Waals surface area contributed by atoms with Crippen molar-refractivity contribution in [3.8, 4) is 0 Å². The molecule has 1 aliphatic heterocycles. The first kappa shape index (κ1) is 25.3. The van der Waals surface area contributed by atoms with Crippen LogP contribution in [-0.2, 0) is 41.9 Å². The summed E-state index contributed by atoms with van der Waals surface area (Å²) in [6.45, 7) is 2.11. The zero-order valence-corrected chi connectivity index (χ0v) is 22.0. The van der Waals surface area contributed by atoms with Crippen molar-refractivity contribution in [2.24, 2.45) is 4.99 Å². The molecule has 0 radical (unpaired) electrons. The molecule has 2 aromatic carbocycles. The number of rotatable bonds is 7. The van der Waals surface area contributed by atoms with Crippen LogP contribution in [0.4, 0.5) is 5.69 Å². The van der Waals surface area contributed by atoms with Crippen molar-refractivity contribution in [2.45, 2.75) is 19.9 Å². The highest BCUT2D eigenvalue weighted by Crippen LogP contribution is 2.27. The third-order valence-electron chi connectivity index (χ3n) is 5.33. The molecular formula is C23H22BrN3O6S2. The Balaban J connectivity index is 1.55. The Morgan fingerprint density at radius 1 is 1.14 bits per heavy atom. The molecule has 9 nitrogen and oxygen atoms in total. The first-order valence-corrected chi connectivity index (χ1v) is 14.2. The lowest BCUT2D eigenvalue weighted by Crippen LogP contribution is -2.36. The van der Waals surface area contributed by atoms with E-state index in [2.05, 4.69) is 20.9 Å². The lowest BCUT2D eigenvalue weighted by atomic mass is 10.2. The number of nitrogens with zero attached hydrogens (tertiary/aromatic N) is 3. The second-order valence-corrected chi connectivity index (χ2v) is 11.8. The van der Waals surface area contributed by atoms with Crippen molar-refractivity contribution in [2.75, 3.05) is 29.6 Å². The van der Waals surface area contributed by atoms with E-state index in [0.717, 1.165) is 26.1 Å². The Morgan fingerprint density at radius 3 is 2.69 bits per heavy atom. The van der Waals surface area contributed by atoms with Crippen LogP contribution >= 0.6 is 27.3 Å². The molecule has 0 N–H and O–H groups in total. The fourth-order valence-electron chi connectivity index (χ4n) is 3.86. The van der Waals surface area contributed by atoms with E-state index in [1.807, 2.05) is 18.2 Å². The lowest BCUT2D eigenvalue weighted by molar-refractivity contribution is -0.143. The number of esters is 1. The average molecular weight is 580 g/mol. The Morgan fingerprint density at radius 2 is 1.91 bits per heavy atom. The first-order chi connectivity index (χ1) is 16.7. The first-order valence-electron chi connectivity index (χ1n) is 10.8. The van der Waals surface area contributed by atoms with E-state index in [1.54, 1.807) is 31.2 Å². The number of sulfone groups is 1. The zero-order chi connectivity index (χ0) is 25.2. The molecule has 2 amide bonds. The number of carbonyl (C=O) groups excluding carboxylic acids is 3. The molecule has 0 unspecified atom stereocenters. The second kappa shape index (κ2) is 10.4. The second-order valence-electron chi connectivity index (χ2n) is 7.85. The van der Waals surface area contributed by atoms with Gasteiger partial charge in [0.05, 0.1) is 16.8 Å². The standard InChI is InChI=1S/C23H22BrN3O6S2/c1-2-33-22(30)12-27-18-8-7-16(24)11-19(18)34-23(27)25-20(28)13-35(31,32)14-21(29)26-10-9-15-5-3-4-6-17(15)26/h3-8,11H,2,9-10,12-14H2,1H3. The molecule has 12 heteroatoms. The minimum atomic E-state index is -4.06. The number of para-hydroxylation sites is 1. The maximum Gasteiger partial charge on any atom is 0.326 e. The van der Waals surface area contributed by atoms with Gasteiger partial charge in [-0.25, -0.2) is 8.42 Å². The van der Waals surface area contributed by atoms with E-state index in [9.17, 15) is 22.8 Å². The van der Waals surface area contributed by atoms with Crippen molar-refractivity contribution in [3.05, 3.63) is 57.3 Å². The molecule has 0 saturated heterocycles. The number of hydrogen-bond donors (Lipinski definition) is 0. The van der Waals surface area contributed by atoms with Crippen molar-refractivity contribution in [3.63, 3.8) is 0 Å². The predicted molar refractivity (Wildman–Crippen MR) is 136 cm³/mol. The summed E-state index contributed by atoms with van der Waals surface area (Å²) in [6, 6.07) is 12.7. The van der Waals surface area contributed by atoms with Gasteiger partial charge in [0.1, 0.15) is 18.1 Å². The fourth-order valence-corrected chi connectivity index (χ4v) is 6.54. The van der Waals surface area contributed by atoms with Crippen molar-refractivity contribution in [1.82, 2.24) is 4.57 Å². The van der Waals surface area contributed by atoms with E-state index < -0.39 is 39.1 Å². The van der Waals surface area contributed by atoms with Gasteiger partial charge in [-0.2, -0.15) is 4.99 Å². The molecule has 1 aliphatic rings. The molecule has 0 bridgehead atoms. The van der Waals surface area contributed by atoms with Gasteiger partial charge in [-0.05, 0) is 43.2 Å². The molecule has 0 spiro atoms. The van der Waals surface area contributed by atoms with Gasteiger partial charge in [-0.3, -0.25) is 14.4 Å². The average Bonchev–Trinajstić information content (AvgIpc) is 3.34. The topological polar surface area (TPSA) is 115 Å². The van der Waals surface area contributed by atoms with Crippen LogP contribution in [0.3, 0.4) is 0 Å². The summed E-state index contributed by atoms with van der Waals surface area (Å²) < 4.78 is 33.4. The van der Waals surface area contributed by atoms with Gasteiger partial charge in [0.25, 0.3) is 5.91 Å². The highest BCUT2D eigenvalue weighted by Gasteiger charge is 2.29. The quantitative estimate of drug-likeness (QED) is 0.397. The lowest BCUT2D eigenvalue weighted by Gasteiger charge is -2.17. The number of hydrogen-bond acceptors (Lipinski definition) is 7. The van der Waals surface area contributed by atoms with Gasteiger partial charge in [-0.15, -0.1) is 0 Å². The molecule has 0 saturated carbocycles. The molecule has 184 valence electrons. The largest absolute Gasteiger partial charge is 0.465 e. The number of fused-ring (bicyclic) bond motifs is 2. The summed E-state index contributed by atoms with van der Waals surface area (Å²) in [5.74, 6) is -3.70. The Bertz CT molecular complexity index is 1490. The maximum absolute atomic E-state index is 12.7. The zero-order valence-electron chi connectivity index (χ0n) is 18.8. The van der Waals surface area contributed by atoms with Gasteiger partial charge in [0.2, 0.25) is 5.91 Å². The monoisotopic (exact) mass is 579 g/mol. The number of halogens is 1. The van der Waals surface area contributed by atoms with Crippen LogP contribution in [0.25, 0.3) is 10.2 Å².